The van der Waals surface area contributed by atoms with Gasteiger partial charge in [-0.15, -0.1) is 0 Å². The third-order valence-electron chi connectivity index (χ3n) is 7.72. The van der Waals surface area contributed by atoms with Crippen LogP contribution in [0.15, 0.2) is 108 Å². The van der Waals surface area contributed by atoms with Gasteiger partial charge in [0.1, 0.15) is 0 Å². The molecule has 1 fully saturated rings. The number of ether oxygens (including phenoxy) is 1. The van der Waals surface area contributed by atoms with E-state index in [1.165, 1.54) is 22.5 Å². The highest BCUT2D eigenvalue weighted by Gasteiger charge is 2.27. The number of hydrogen-bond donors (Lipinski definition) is 1. The van der Waals surface area contributed by atoms with Crippen molar-refractivity contribution in [1.82, 2.24) is 9.29 Å². The van der Waals surface area contributed by atoms with Crippen LogP contribution in [0.2, 0.25) is 5.02 Å². The van der Waals surface area contributed by atoms with E-state index in [0.29, 0.717) is 29.7 Å². The zero-order chi connectivity index (χ0) is 31.4. The van der Waals surface area contributed by atoms with E-state index < -0.39 is 28.5 Å². The number of fused-ring (bicyclic) bond motifs is 1. The van der Waals surface area contributed by atoms with Crippen molar-refractivity contribution in [1.29, 1.82) is 0 Å². The number of piperidine rings is 1. The molecule has 2 heterocycles. The number of anilines is 1. The van der Waals surface area contributed by atoms with E-state index in [1.807, 2.05) is 66.7 Å². The molecule has 4 aromatic carbocycles. The number of nitrogens with zero attached hydrogens (tertiary/aromatic N) is 2. The number of rotatable bonds is 8. The second kappa shape index (κ2) is 13.2. The smallest absolute Gasteiger partial charge is 0.339 e. The standard InChI is InChI=1S/C35H30ClN3O5S/c36-30-18-17-27(45(42,43)39-19-7-2-8-20-39)21-33(30)38-34(40)23-44-35(41)29-22-32(37-31-12-6-5-11-28(29)31)26-15-13-25(14-16-26)24-9-3-1-4-10-24/h1,3-6,9-18,21-22H,2,7-8,19-20,23H2,(H,38,40). The van der Waals surface area contributed by atoms with Gasteiger partial charge in [-0.3, -0.25) is 4.79 Å². The summed E-state index contributed by atoms with van der Waals surface area (Å²) in [4.78, 5) is 31.0. The predicted octanol–water partition coefficient (Wildman–Crippen LogP) is 7.19. The number of aromatic nitrogens is 1. The zero-order valence-corrected chi connectivity index (χ0v) is 25.9. The first-order chi connectivity index (χ1) is 21.8. The second-order valence-corrected chi connectivity index (χ2v) is 13.1. The van der Waals surface area contributed by atoms with Crippen molar-refractivity contribution >= 4 is 50.1 Å². The van der Waals surface area contributed by atoms with Gasteiger partial charge in [-0.25, -0.2) is 18.2 Å². The minimum atomic E-state index is -3.73. The number of para-hydroxylation sites is 1. The summed E-state index contributed by atoms with van der Waals surface area (Å²) in [5, 5.41) is 3.33. The molecule has 1 aliphatic heterocycles. The Kier molecular flexibility index (Phi) is 8.93. The van der Waals surface area contributed by atoms with Crippen molar-refractivity contribution < 1.29 is 22.7 Å². The average Bonchev–Trinajstić information content (AvgIpc) is 3.08. The van der Waals surface area contributed by atoms with Crippen LogP contribution in [0, 0.1) is 0 Å². The maximum absolute atomic E-state index is 13.3. The van der Waals surface area contributed by atoms with E-state index in [1.54, 1.807) is 18.2 Å². The summed E-state index contributed by atoms with van der Waals surface area (Å²) in [6, 6.07) is 31.0. The molecule has 0 bridgehead atoms. The van der Waals surface area contributed by atoms with Crippen LogP contribution in [0.25, 0.3) is 33.3 Å². The zero-order valence-electron chi connectivity index (χ0n) is 24.3. The average molecular weight is 640 g/mol. The monoisotopic (exact) mass is 639 g/mol. The van der Waals surface area contributed by atoms with Crippen LogP contribution in [-0.2, 0) is 19.6 Å². The lowest BCUT2D eigenvalue weighted by Crippen LogP contribution is -2.35. The van der Waals surface area contributed by atoms with Crippen LogP contribution in [0.4, 0.5) is 5.69 Å². The number of esters is 1. The second-order valence-electron chi connectivity index (χ2n) is 10.7. The largest absolute Gasteiger partial charge is 0.452 e. The van der Waals surface area contributed by atoms with Gasteiger partial charge in [0.25, 0.3) is 5.91 Å². The van der Waals surface area contributed by atoms with Crippen molar-refractivity contribution in [3.8, 4) is 22.4 Å². The number of benzene rings is 4. The first-order valence-electron chi connectivity index (χ1n) is 14.6. The summed E-state index contributed by atoms with van der Waals surface area (Å²) < 4.78 is 33.1. The Morgan fingerprint density at radius 2 is 1.47 bits per heavy atom. The predicted molar refractivity (Wildman–Crippen MR) is 176 cm³/mol. The lowest BCUT2D eigenvalue weighted by atomic mass is 10.0. The highest BCUT2D eigenvalue weighted by Crippen LogP contribution is 2.30. The fourth-order valence-corrected chi connectivity index (χ4v) is 7.07. The topological polar surface area (TPSA) is 106 Å². The molecule has 0 radical (unpaired) electrons. The van der Waals surface area contributed by atoms with Gasteiger partial charge in [-0.05, 0) is 54.3 Å². The van der Waals surface area contributed by atoms with Crippen molar-refractivity contribution in [3.63, 3.8) is 0 Å². The molecule has 0 atom stereocenters. The van der Waals surface area contributed by atoms with Gasteiger partial charge in [-0.1, -0.05) is 90.8 Å². The van der Waals surface area contributed by atoms with Crippen LogP contribution in [0.1, 0.15) is 29.6 Å². The number of carbonyl (C=O) groups excluding carboxylic acids is 2. The van der Waals surface area contributed by atoms with Gasteiger partial charge >= 0.3 is 5.97 Å². The molecule has 1 saturated heterocycles. The molecule has 10 heteroatoms. The Bertz CT molecular complexity index is 1980. The lowest BCUT2D eigenvalue weighted by molar-refractivity contribution is -0.119. The van der Waals surface area contributed by atoms with Crippen LogP contribution >= 0.6 is 11.6 Å². The fourth-order valence-electron chi connectivity index (χ4n) is 5.37. The summed E-state index contributed by atoms with van der Waals surface area (Å²) >= 11 is 6.28. The number of amides is 1. The minimum absolute atomic E-state index is 0.0358. The maximum atomic E-state index is 13.3. The Morgan fingerprint density at radius 3 is 2.22 bits per heavy atom. The molecule has 1 N–H and O–H groups in total. The third kappa shape index (κ3) is 6.76. The van der Waals surface area contributed by atoms with E-state index in [0.717, 1.165) is 36.0 Å². The summed E-state index contributed by atoms with van der Waals surface area (Å²) in [6.45, 7) is 0.302. The summed E-state index contributed by atoms with van der Waals surface area (Å²) in [5.41, 5.74) is 4.55. The van der Waals surface area contributed by atoms with Crippen molar-refractivity contribution in [2.75, 3.05) is 25.0 Å². The Balaban J connectivity index is 1.18. The van der Waals surface area contributed by atoms with Gasteiger partial charge in [0.2, 0.25) is 10.0 Å². The molecule has 6 rings (SSSR count). The van der Waals surface area contributed by atoms with Crippen LogP contribution < -0.4 is 5.32 Å². The van der Waals surface area contributed by atoms with Crippen LogP contribution in [-0.4, -0.2) is 49.3 Å². The quantitative estimate of drug-likeness (QED) is 0.180. The first kappa shape index (κ1) is 30.5. The van der Waals surface area contributed by atoms with E-state index in [4.69, 9.17) is 21.3 Å². The number of halogens is 1. The van der Waals surface area contributed by atoms with E-state index in [9.17, 15) is 18.0 Å². The molecular formula is C35H30ClN3O5S. The van der Waals surface area contributed by atoms with E-state index >= 15 is 0 Å². The van der Waals surface area contributed by atoms with Gasteiger partial charge < -0.3 is 10.1 Å². The fraction of sp³-hybridized carbons (Fsp3) is 0.171. The number of pyridine rings is 1. The van der Waals surface area contributed by atoms with Crippen LogP contribution in [0.5, 0.6) is 0 Å². The maximum Gasteiger partial charge on any atom is 0.339 e. The number of nitrogens with one attached hydrogen (secondary N) is 1. The summed E-state index contributed by atoms with van der Waals surface area (Å²) in [6.07, 6.45) is 2.60. The highest BCUT2D eigenvalue weighted by atomic mass is 35.5. The summed E-state index contributed by atoms with van der Waals surface area (Å²) in [5.74, 6) is -1.36. The van der Waals surface area contributed by atoms with E-state index in [-0.39, 0.29) is 21.2 Å². The van der Waals surface area contributed by atoms with Gasteiger partial charge in [0.05, 0.1) is 32.4 Å². The van der Waals surface area contributed by atoms with Crippen molar-refractivity contribution in [2.24, 2.45) is 0 Å². The highest BCUT2D eigenvalue weighted by molar-refractivity contribution is 7.89. The molecule has 0 spiro atoms. The van der Waals surface area contributed by atoms with Crippen molar-refractivity contribution in [3.05, 3.63) is 114 Å². The van der Waals surface area contributed by atoms with Crippen molar-refractivity contribution in [2.45, 2.75) is 24.2 Å². The van der Waals surface area contributed by atoms with Crippen LogP contribution in [0.3, 0.4) is 0 Å². The molecular weight excluding hydrogens is 610 g/mol. The van der Waals surface area contributed by atoms with Gasteiger partial charge in [0.15, 0.2) is 6.61 Å². The number of sulfonamides is 1. The number of hydrogen-bond acceptors (Lipinski definition) is 6. The van der Waals surface area contributed by atoms with E-state index in [2.05, 4.69) is 5.32 Å². The van der Waals surface area contributed by atoms with Gasteiger partial charge in [-0.2, -0.15) is 4.31 Å². The molecule has 1 aromatic heterocycles. The Hall–Kier alpha value is -4.57. The summed E-state index contributed by atoms with van der Waals surface area (Å²) in [7, 11) is -3.73. The van der Waals surface area contributed by atoms with Gasteiger partial charge in [0, 0.05) is 24.0 Å². The molecule has 1 amide bonds. The SMILES string of the molecule is O=C(COC(=O)c1cc(-c2ccc(-c3ccccc3)cc2)nc2ccccc12)Nc1cc(S(=O)(=O)N2CCCCC2)ccc1Cl. The molecule has 5 aromatic rings. The third-order valence-corrected chi connectivity index (χ3v) is 9.95. The minimum Gasteiger partial charge on any atom is -0.452 e. The Morgan fingerprint density at radius 1 is 0.800 bits per heavy atom. The molecule has 0 unspecified atom stereocenters. The first-order valence-corrected chi connectivity index (χ1v) is 16.4. The normalized spacial score (nSPS) is 13.8. The number of carbonyl (C=O) groups is 2. The molecule has 8 nitrogen and oxygen atoms in total. The molecule has 0 saturated carbocycles. The molecule has 0 aliphatic carbocycles. The lowest BCUT2D eigenvalue weighted by Gasteiger charge is -2.26. The Labute approximate surface area is 266 Å². The molecule has 228 valence electrons. The molecule has 1 aliphatic rings. The molecule has 45 heavy (non-hydrogen) atoms.